The van der Waals surface area contributed by atoms with Gasteiger partial charge in [-0.2, -0.15) is 0 Å². The minimum atomic E-state index is -0.936. The molecule has 3 fully saturated rings. The van der Waals surface area contributed by atoms with Gasteiger partial charge in [0.05, 0.1) is 71.8 Å². The number of benzene rings is 3. The lowest BCUT2D eigenvalue weighted by atomic mass is 9.91. The van der Waals surface area contributed by atoms with E-state index in [9.17, 15) is 24.3 Å². The number of rotatable bonds is 9. The van der Waals surface area contributed by atoms with Crippen LogP contribution in [0, 0.1) is 0 Å². The molecule has 6 aliphatic rings. The number of hydrogen-bond donors (Lipinski definition) is 1. The zero-order chi connectivity index (χ0) is 80.8. The van der Waals surface area contributed by atoms with Gasteiger partial charge in [-0.05, 0) is 196 Å². The third kappa shape index (κ3) is 20.0. The van der Waals surface area contributed by atoms with Crippen LogP contribution in [0.3, 0.4) is 0 Å². The Labute approximate surface area is 683 Å². The molecule has 15 rings (SSSR count). The molecule has 2 unspecified atom stereocenters. The number of ether oxygens (including phenoxy) is 4. The molecule has 0 bridgehead atoms. The zero-order valence-electron chi connectivity index (χ0n) is 66.0. The molecule has 9 heterocycles. The molecule has 0 saturated carbocycles. The van der Waals surface area contributed by atoms with Crippen molar-refractivity contribution in [2.24, 2.45) is 21.1 Å². The van der Waals surface area contributed by atoms with Crippen LogP contribution in [0.25, 0.3) is 33.9 Å². The summed E-state index contributed by atoms with van der Waals surface area (Å²) in [7, 11) is 7.37. The second-order valence-electron chi connectivity index (χ2n) is 31.5. The number of aldehydes is 1. The average molecular weight is 1660 g/mol. The van der Waals surface area contributed by atoms with Gasteiger partial charge in [0.15, 0.2) is 6.29 Å². The van der Waals surface area contributed by atoms with E-state index in [1.165, 1.54) is 0 Å². The summed E-state index contributed by atoms with van der Waals surface area (Å²) in [5.74, 6) is 0. The van der Waals surface area contributed by atoms with Crippen molar-refractivity contribution in [2.75, 3.05) is 85.6 Å². The standard InChI is InChI=1S/C29H34ClN5O3.C28H32ClN5O3.C23H25BrClN3O2.C5H6N2O/c1-29(2,3)38-28(36)35-13-11-34(12-14-35)26-21-9-8-20(30)16-22(21)23(15-19-7-6-10-32-25(19)26)27(37-5)24-17-31-18-33(24)4;1-28(2,3)37-27(36)34-12-10-33(11-13-34)25-20-8-7-19(29)15-21(20)22(14-18-6-5-9-30-24(18)25)26(35)23-16-32(4)17-31-23;1-23(2,3)30-22(29)28-11-9-27(10-12-28)21-17-7-6-16(25)14-18(17)19(24)13-15-5-4-8-26-20(15)21;1-7-2-5(3-8)6-4-7/h6-10,15-18,26-27H,11-14H2,1-5H3;5-9,14-17,25-26,35H,10-13H2,1-4H3;4-8,13-14,21H,9-12H2,1-3H3;2-4H,1H3/t26-,27?;25-,26?;21-;/m000./s1. The monoisotopic (exact) mass is 1660 g/mol. The summed E-state index contributed by atoms with van der Waals surface area (Å²) >= 11 is 23.1. The predicted molar refractivity (Wildman–Crippen MR) is 443 cm³/mol. The molecular formula is C85H97BrCl3N15O9. The maximum absolute atomic E-state index is 12.7. The lowest BCUT2D eigenvalue weighted by Crippen LogP contribution is -2.51. The van der Waals surface area contributed by atoms with Crippen molar-refractivity contribution in [1.82, 2.24) is 73.0 Å². The minimum Gasteiger partial charge on any atom is -0.444 e. The fourth-order valence-corrected chi connectivity index (χ4v) is 15.9. The highest BCUT2D eigenvalue weighted by Gasteiger charge is 2.40. The number of fused-ring (bicyclic) bond motifs is 6. The number of imidazole rings is 3. The summed E-state index contributed by atoms with van der Waals surface area (Å²) in [6, 6.07) is 29.6. The number of amides is 3. The number of aliphatic hydroxyl groups excluding tert-OH is 1. The number of aliphatic hydroxyl groups is 1. The molecule has 3 saturated heterocycles. The van der Waals surface area contributed by atoms with Gasteiger partial charge in [0.1, 0.15) is 34.7 Å². The number of carbonyl (C=O) groups is 4. The van der Waals surface area contributed by atoms with Gasteiger partial charge in [-0.1, -0.05) is 87.1 Å². The lowest BCUT2D eigenvalue weighted by molar-refractivity contribution is 0.0109. The third-order valence-electron chi connectivity index (χ3n) is 19.9. The van der Waals surface area contributed by atoms with E-state index in [2.05, 4.69) is 82.0 Å². The lowest BCUT2D eigenvalue weighted by Gasteiger charge is -2.40. The Balaban J connectivity index is 0.000000150. The fourth-order valence-electron chi connectivity index (χ4n) is 14.8. The van der Waals surface area contributed by atoms with Crippen LogP contribution < -0.4 is 0 Å². The van der Waals surface area contributed by atoms with Crippen molar-refractivity contribution >= 4 is 109 Å². The number of carbonyl (C=O) groups excluding carboxylic acids is 4. The van der Waals surface area contributed by atoms with E-state index in [1.807, 2.05) is 190 Å². The van der Waals surface area contributed by atoms with Gasteiger partial charge in [-0.3, -0.25) is 34.4 Å². The Morgan fingerprint density at radius 1 is 0.504 bits per heavy atom. The van der Waals surface area contributed by atoms with E-state index in [-0.39, 0.29) is 42.5 Å². The van der Waals surface area contributed by atoms with Crippen molar-refractivity contribution in [3.8, 4) is 0 Å². The average Bonchev–Trinajstić information content (AvgIpc) is 1.63. The Morgan fingerprint density at radius 2 is 0.885 bits per heavy atom. The SMILES string of the molecule is CC(C)(C)OC(=O)N1CCN([C@H]2c3ccc(Cl)cc3C(Br)=Cc3cccnc32)CC1.COC(C1=Cc2cccnc2[C@@H](N2CCN(C(=O)OC(C)(C)C)CC2)c2ccc(Cl)cc21)c1cncn1C.Cn1cnc(C(O)C2=Cc3cccnc3[C@@H](N3CCN(C(=O)OC(C)(C)C)CC3)c3ccc(Cl)cc32)c1.Cn1cnc(C=O)c1. The van der Waals surface area contributed by atoms with E-state index in [1.54, 1.807) is 57.8 Å². The van der Waals surface area contributed by atoms with Crippen LogP contribution in [0.1, 0.15) is 182 Å². The molecule has 3 aliphatic carbocycles. The summed E-state index contributed by atoms with van der Waals surface area (Å²) < 4.78 is 29.3. The van der Waals surface area contributed by atoms with Gasteiger partial charge in [0.25, 0.3) is 0 Å². The second kappa shape index (κ2) is 35.5. The maximum Gasteiger partial charge on any atom is 0.410 e. The van der Waals surface area contributed by atoms with E-state index in [4.69, 9.17) is 68.7 Å². The van der Waals surface area contributed by atoms with Crippen molar-refractivity contribution in [3.05, 3.63) is 246 Å². The van der Waals surface area contributed by atoms with Crippen LogP contribution in [0.2, 0.25) is 15.1 Å². The van der Waals surface area contributed by atoms with Gasteiger partial charge in [-0.15, -0.1) is 0 Å². The van der Waals surface area contributed by atoms with Gasteiger partial charge in [0, 0.05) is 157 Å². The molecule has 24 nitrogen and oxygen atoms in total. The Hall–Kier alpha value is -9.41. The normalized spacial score (nSPS) is 18.3. The van der Waals surface area contributed by atoms with Crippen LogP contribution >= 0.6 is 50.7 Å². The number of nitrogens with zero attached hydrogens (tertiary/aromatic N) is 15. The summed E-state index contributed by atoms with van der Waals surface area (Å²) in [6.07, 6.45) is 20.7. The van der Waals surface area contributed by atoms with Gasteiger partial charge in [-0.25, -0.2) is 29.3 Å². The van der Waals surface area contributed by atoms with Crippen molar-refractivity contribution in [1.29, 1.82) is 0 Å². The van der Waals surface area contributed by atoms with Crippen LogP contribution in [-0.2, 0) is 40.1 Å². The first kappa shape index (κ1) is 83.0. The summed E-state index contributed by atoms with van der Waals surface area (Å²) in [4.78, 5) is 87.1. The molecule has 1 N–H and O–H groups in total. The van der Waals surface area contributed by atoms with Crippen molar-refractivity contribution < 1.29 is 43.2 Å². The molecule has 5 atom stereocenters. The van der Waals surface area contributed by atoms with E-state index < -0.39 is 22.9 Å². The van der Waals surface area contributed by atoms with Gasteiger partial charge in [0.2, 0.25) is 0 Å². The van der Waals surface area contributed by atoms with Crippen molar-refractivity contribution in [2.45, 2.75) is 109 Å². The smallest absolute Gasteiger partial charge is 0.410 e. The number of pyridine rings is 3. The summed E-state index contributed by atoms with van der Waals surface area (Å²) in [5.41, 5.74) is 14.3. The number of aryl methyl sites for hydroxylation is 3. The number of hydrogen-bond acceptors (Lipinski definition) is 18. The summed E-state index contributed by atoms with van der Waals surface area (Å²) in [6.45, 7) is 24.6. The molecule has 594 valence electrons. The molecule has 9 aromatic rings. The maximum atomic E-state index is 12.7. The fraction of sp³-hybridized carbons (Fsp3) is 0.388. The summed E-state index contributed by atoms with van der Waals surface area (Å²) in [5, 5.41) is 13.4. The highest BCUT2D eigenvalue weighted by atomic mass is 79.9. The molecule has 3 aliphatic heterocycles. The molecule has 113 heavy (non-hydrogen) atoms. The molecule has 0 spiro atoms. The van der Waals surface area contributed by atoms with Crippen LogP contribution in [0.15, 0.2) is 147 Å². The highest BCUT2D eigenvalue weighted by molar-refractivity contribution is 9.15. The zero-order valence-corrected chi connectivity index (χ0v) is 69.8. The number of methoxy groups -OCH3 is 1. The molecule has 0 radical (unpaired) electrons. The van der Waals surface area contributed by atoms with E-state index >= 15 is 0 Å². The molecule has 28 heteroatoms. The first-order chi connectivity index (χ1) is 53.8. The van der Waals surface area contributed by atoms with E-state index in [0.717, 1.165) is 108 Å². The van der Waals surface area contributed by atoms with Gasteiger partial charge < -0.3 is 52.5 Å². The highest BCUT2D eigenvalue weighted by Crippen LogP contribution is 2.48. The van der Waals surface area contributed by atoms with Gasteiger partial charge >= 0.3 is 18.3 Å². The molecule has 3 amide bonds. The quantitative estimate of drug-likeness (QED) is 0.104. The molecule has 6 aromatic heterocycles. The van der Waals surface area contributed by atoms with Crippen LogP contribution in [0.4, 0.5) is 14.4 Å². The topological polar surface area (TPSA) is 237 Å². The van der Waals surface area contributed by atoms with E-state index in [0.29, 0.717) is 91.9 Å². The predicted octanol–water partition coefficient (Wildman–Crippen LogP) is 15.9. The first-order valence-electron chi connectivity index (χ1n) is 37.6. The molecule has 3 aromatic carbocycles. The Morgan fingerprint density at radius 3 is 1.24 bits per heavy atom. The number of halogens is 4. The van der Waals surface area contributed by atoms with Crippen LogP contribution in [-0.4, -0.2) is 205 Å². The molecular weight excluding hydrogens is 1560 g/mol. The third-order valence-corrected chi connectivity index (χ3v) is 21.2. The number of aromatic nitrogens is 9. The van der Waals surface area contributed by atoms with Crippen molar-refractivity contribution in [3.63, 3.8) is 0 Å². The van der Waals surface area contributed by atoms with Crippen LogP contribution in [0.5, 0.6) is 0 Å². The first-order valence-corrected chi connectivity index (χ1v) is 39.5. The Kier molecular flexibility index (Phi) is 26.1. The minimum absolute atomic E-state index is 0.0134. The largest absolute Gasteiger partial charge is 0.444 e. The Bertz CT molecular complexity index is 5010. The number of piperazine rings is 3. The second-order valence-corrected chi connectivity index (χ2v) is 33.7.